The first-order chi connectivity index (χ1) is 17.2. The third-order valence-corrected chi connectivity index (χ3v) is 8.33. The molecule has 0 aliphatic carbocycles. The fourth-order valence-corrected chi connectivity index (χ4v) is 5.50. The molecule has 0 aromatic heterocycles. The Hall–Kier alpha value is -3.05. The maximum absolute atomic E-state index is 13.2. The van der Waals surface area contributed by atoms with Crippen LogP contribution in [-0.4, -0.2) is 92.8 Å². The summed E-state index contributed by atoms with van der Waals surface area (Å²) in [5.41, 5.74) is 0.809. The molecule has 2 aliphatic heterocycles. The highest BCUT2D eigenvalue weighted by molar-refractivity contribution is 7.89. The van der Waals surface area contributed by atoms with E-state index < -0.39 is 33.5 Å². The SMILES string of the molecule is CN(C)S(=O)(=O)c1cccc(/C(O)=C2\C(=O)C(=O)N(CCCN3CCOCC3)C2c2ccccc2)c1. The number of Topliss-reactive ketones (excluding diaryl/α,β-unsaturated/α-hetero) is 1. The molecule has 2 aromatic carbocycles. The lowest BCUT2D eigenvalue weighted by Crippen LogP contribution is -2.38. The Kier molecular flexibility index (Phi) is 7.89. The van der Waals surface area contributed by atoms with E-state index in [0.717, 1.165) is 23.9 Å². The van der Waals surface area contributed by atoms with Crippen molar-refractivity contribution in [3.63, 3.8) is 0 Å². The smallest absolute Gasteiger partial charge is 0.295 e. The van der Waals surface area contributed by atoms with Gasteiger partial charge in [0, 0.05) is 45.8 Å². The largest absolute Gasteiger partial charge is 0.507 e. The van der Waals surface area contributed by atoms with Gasteiger partial charge in [-0.1, -0.05) is 42.5 Å². The molecule has 2 aliphatic rings. The highest BCUT2D eigenvalue weighted by Gasteiger charge is 2.45. The second-order valence-corrected chi connectivity index (χ2v) is 11.2. The molecular weight excluding hydrogens is 482 g/mol. The molecule has 0 spiro atoms. The Bertz CT molecular complexity index is 1250. The standard InChI is InChI=1S/C26H31N3O6S/c1-27(2)36(33,34)21-11-6-10-20(18-21)24(30)22-23(19-8-4-3-5-9-19)29(26(32)25(22)31)13-7-12-28-14-16-35-17-15-28/h3-6,8-11,18,23,30H,7,12-17H2,1-2H3/b24-22+. The molecule has 0 saturated carbocycles. The average molecular weight is 514 g/mol. The summed E-state index contributed by atoms with van der Waals surface area (Å²) in [6.45, 7) is 4.11. The zero-order valence-corrected chi connectivity index (χ0v) is 21.3. The molecule has 4 rings (SSSR count). The summed E-state index contributed by atoms with van der Waals surface area (Å²) in [4.78, 5) is 30.1. The quantitative estimate of drug-likeness (QED) is 0.327. The Morgan fingerprint density at radius 3 is 2.39 bits per heavy atom. The first kappa shape index (κ1) is 26.0. The number of hydrogen-bond acceptors (Lipinski definition) is 7. The van der Waals surface area contributed by atoms with Crippen molar-refractivity contribution >= 4 is 27.5 Å². The average Bonchev–Trinajstić information content (AvgIpc) is 3.14. The van der Waals surface area contributed by atoms with Crippen molar-refractivity contribution in [2.24, 2.45) is 0 Å². The molecule has 1 amide bonds. The van der Waals surface area contributed by atoms with Crippen molar-refractivity contribution in [2.75, 3.05) is 53.5 Å². The number of aliphatic hydroxyl groups excluding tert-OH is 1. The fourth-order valence-electron chi connectivity index (χ4n) is 4.55. The van der Waals surface area contributed by atoms with Crippen LogP contribution in [0.4, 0.5) is 0 Å². The Labute approximate surface area is 211 Å². The maximum Gasteiger partial charge on any atom is 0.295 e. The van der Waals surface area contributed by atoms with Crippen LogP contribution in [0.25, 0.3) is 5.76 Å². The molecule has 1 N–H and O–H groups in total. The molecule has 1 atom stereocenters. The van der Waals surface area contributed by atoms with Crippen LogP contribution in [0.2, 0.25) is 0 Å². The molecule has 9 nitrogen and oxygen atoms in total. The first-order valence-electron chi connectivity index (χ1n) is 11.9. The number of carbonyl (C=O) groups excluding carboxylic acids is 2. The molecule has 2 saturated heterocycles. The van der Waals surface area contributed by atoms with Crippen LogP contribution in [0.1, 0.15) is 23.6 Å². The van der Waals surface area contributed by atoms with Gasteiger partial charge in [0.15, 0.2) is 0 Å². The van der Waals surface area contributed by atoms with Gasteiger partial charge in [0.25, 0.3) is 11.7 Å². The van der Waals surface area contributed by atoms with Crippen LogP contribution in [0.5, 0.6) is 0 Å². The number of carbonyl (C=O) groups is 2. The van der Waals surface area contributed by atoms with Crippen LogP contribution in [-0.2, 0) is 24.3 Å². The van der Waals surface area contributed by atoms with E-state index in [0.29, 0.717) is 31.7 Å². The topological polar surface area (TPSA) is 107 Å². The van der Waals surface area contributed by atoms with Crippen molar-refractivity contribution < 1.29 is 27.9 Å². The van der Waals surface area contributed by atoms with Gasteiger partial charge in [0.1, 0.15) is 5.76 Å². The molecule has 2 heterocycles. The van der Waals surface area contributed by atoms with Gasteiger partial charge in [-0.05, 0) is 24.1 Å². The van der Waals surface area contributed by atoms with E-state index in [4.69, 9.17) is 4.74 Å². The Morgan fingerprint density at radius 1 is 1.03 bits per heavy atom. The van der Waals surface area contributed by atoms with Crippen molar-refractivity contribution in [2.45, 2.75) is 17.4 Å². The van der Waals surface area contributed by atoms with Crippen LogP contribution < -0.4 is 0 Å². The van der Waals surface area contributed by atoms with E-state index in [1.807, 2.05) is 30.3 Å². The minimum atomic E-state index is -3.76. The minimum Gasteiger partial charge on any atom is -0.507 e. The number of sulfonamides is 1. The first-order valence-corrected chi connectivity index (χ1v) is 13.3. The summed E-state index contributed by atoms with van der Waals surface area (Å²) in [6.07, 6.45) is 0.660. The zero-order chi connectivity index (χ0) is 25.9. The summed E-state index contributed by atoms with van der Waals surface area (Å²) in [5.74, 6) is -1.85. The number of morpholine rings is 1. The Morgan fingerprint density at radius 2 is 1.72 bits per heavy atom. The molecule has 0 radical (unpaired) electrons. The second kappa shape index (κ2) is 10.9. The third kappa shape index (κ3) is 5.22. The number of hydrogen-bond donors (Lipinski definition) is 1. The number of benzene rings is 2. The number of ether oxygens (including phenoxy) is 1. The maximum atomic E-state index is 13.2. The van der Waals surface area contributed by atoms with E-state index in [1.54, 1.807) is 0 Å². The molecule has 10 heteroatoms. The van der Waals surface area contributed by atoms with Crippen molar-refractivity contribution in [1.29, 1.82) is 0 Å². The molecule has 192 valence electrons. The predicted molar refractivity (Wildman–Crippen MR) is 135 cm³/mol. The van der Waals surface area contributed by atoms with Gasteiger partial charge < -0.3 is 14.7 Å². The normalized spacial score (nSPS) is 20.9. The molecule has 0 bridgehead atoms. The zero-order valence-electron chi connectivity index (χ0n) is 20.5. The summed E-state index contributed by atoms with van der Waals surface area (Å²) < 4.78 is 31.7. The molecular formula is C26H31N3O6S. The van der Waals surface area contributed by atoms with Crippen molar-refractivity contribution in [3.05, 3.63) is 71.3 Å². The van der Waals surface area contributed by atoms with E-state index in [2.05, 4.69) is 4.90 Å². The predicted octanol–water partition coefficient (Wildman–Crippen LogP) is 2.08. The van der Waals surface area contributed by atoms with Gasteiger partial charge in [-0.25, -0.2) is 12.7 Å². The molecule has 2 fully saturated rings. The van der Waals surface area contributed by atoms with Crippen molar-refractivity contribution in [3.8, 4) is 0 Å². The van der Waals surface area contributed by atoms with Gasteiger partial charge in [0.05, 0.1) is 29.7 Å². The van der Waals surface area contributed by atoms with E-state index >= 15 is 0 Å². The number of likely N-dealkylation sites (tertiary alicyclic amines) is 1. The lowest BCUT2D eigenvalue weighted by atomic mass is 9.95. The van der Waals surface area contributed by atoms with E-state index in [1.165, 1.54) is 43.3 Å². The summed E-state index contributed by atoms with van der Waals surface area (Å²) in [7, 11) is -0.923. The Balaban J connectivity index is 1.70. The highest BCUT2D eigenvalue weighted by Crippen LogP contribution is 2.39. The van der Waals surface area contributed by atoms with Crippen LogP contribution in [0.15, 0.2) is 65.1 Å². The molecule has 1 unspecified atom stereocenters. The number of aliphatic hydroxyl groups is 1. The van der Waals surface area contributed by atoms with Gasteiger partial charge >= 0.3 is 0 Å². The van der Waals surface area contributed by atoms with Crippen LogP contribution in [0, 0.1) is 0 Å². The summed E-state index contributed by atoms with van der Waals surface area (Å²) in [6, 6.07) is 14.1. The van der Waals surface area contributed by atoms with Gasteiger partial charge in [-0.2, -0.15) is 0 Å². The van der Waals surface area contributed by atoms with Crippen LogP contribution in [0.3, 0.4) is 0 Å². The lowest BCUT2D eigenvalue weighted by molar-refractivity contribution is -0.140. The fraction of sp³-hybridized carbons (Fsp3) is 0.385. The summed E-state index contributed by atoms with van der Waals surface area (Å²) >= 11 is 0. The number of ketones is 1. The van der Waals surface area contributed by atoms with Crippen LogP contribution >= 0.6 is 0 Å². The van der Waals surface area contributed by atoms with E-state index in [9.17, 15) is 23.1 Å². The number of nitrogens with zero attached hydrogens (tertiary/aromatic N) is 3. The van der Waals surface area contributed by atoms with Gasteiger partial charge in [0.2, 0.25) is 10.0 Å². The monoisotopic (exact) mass is 513 g/mol. The molecule has 2 aromatic rings. The minimum absolute atomic E-state index is 0.0208. The van der Waals surface area contributed by atoms with E-state index in [-0.39, 0.29) is 16.0 Å². The summed E-state index contributed by atoms with van der Waals surface area (Å²) in [5, 5.41) is 11.3. The van der Waals surface area contributed by atoms with Crippen molar-refractivity contribution in [1.82, 2.24) is 14.1 Å². The highest BCUT2D eigenvalue weighted by atomic mass is 32.2. The third-order valence-electron chi connectivity index (χ3n) is 6.52. The second-order valence-electron chi connectivity index (χ2n) is 9.03. The number of rotatable bonds is 8. The van der Waals surface area contributed by atoms with Gasteiger partial charge in [-0.3, -0.25) is 14.5 Å². The molecule has 36 heavy (non-hydrogen) atoms. The number of amides is 1. The lowest BCUT2D eigenvalue weighted by Gasteiger charge is -2.29. The van der Waals surface area contributed by atoms with Gasteiger partial charge in [-0.15, -0.1) is 0 Å².